The lowest BCUT2D eigenvalue weighted by Crippen LogP contribution is -2.47. The molecule has 138 valence electrons. The second-order valence-electron chi connectivity index (χ2n) is 6.12. The van der Waals surface area contributed by atoms with E-state index in [0.29, 0.717) is 19.6 Å². The third kappa shape index (κ3) is 4.98. The smallest absolute Gasteiger partial charge is 0.422 e. The lowest BCUT2D eigenvalue weighted by Gasteiger charge is -2.27. The molecule has 7 heteroatoms. The third-order valence-electron chi connectivity index (χ3n) is 4.08. The number of nitrogens with zero attached hydrogens (tertiary/aromatic N) is 1. The SMILES string of the molecule is O=C1CNCCN1Cc1cccc(-c2ccc(OCC(F)(F)F)cc2)c1. The van der Waals surface area contributed by atoms with Gasteiger partial charge in [0, 0.05) is 19.6 Å². The van der Waals surface area contributed by atoms with E-state index in [1.54, 1.807) is 12.1 Å². The van der Waals surface area contributed by atoms with Crippen LogP contribution in [0.25, 0.3) is 11.1 Å². The molecule has 0 bridgehead atoms. The number of ether oxygens (including phenoxy) is 1. The quantitative estimate of drug-likeness (QED) is 0.886. The summed E-state index contributed by atoms with van der Waals surface area (Å²) >= 11 is 0. The molecule has 0 spiro atoms. The molecule has 0 saturated carbocycles. The van der Waals surface area contributed by atoms with Crippen molar-refractivity contribution in [1.29, 1.82) is 0 Å². The van der Waals surface area contributed by atoms with E-state index in [1.165, 1.54) is 12.1 Å². The monoisotopic (exact) mass is 364 g/mol. The lowest BCUT2D eigenvalue weighted by molar-refractivity contribution is -0.153. The molecule has 2 aromatic rings. The minimum Gasteiger partial charge on any atom is -0.484 e. The number of hydrogen-bond acceptors (Lipinski definition) is 3. The standard InChI is InChI=1S/C19H19F3N2O2/c20-19(21,22)13-26-17-6-4-15(5-7-17)16-3-1-2-14(10-16)12-24-9-8-23-11-18(24)25/h1-7,10,23H,8-9,11-13H2. The van der Waals surface area contributed by atoms with Crippen LogP contribution >= 0.6 is 0 Å². The molecule has 3 rings (SSSR count). The highest BCUT2D eigenvalue weighted by Gasteiger charge is 2.28. The normalized spacial score (nSPS) is 15.2. The van der Waals surface area contributed by atoms with E-state index < -0.39 is 12.8 Å². The van der Waals surface area contributed by atoms with E-state index in [4.69, 9.17) is 4.74 Å². The van der Waals surface area contributed by atoms with Gasteiger partial charge >= 0.3 is 6.18 Å². The summed E-state index contributed by atoms with van der Waals surface area (Å²) in [4.78, 5) is 13.7. The Hall–Kier alpha value is -2.54. The van der Waals surface area contributed by atoms with Crippen LogP contribution in [0.2, 0.25) is 0 Å². The summed E-state index contributed by atoms with van der Waals surface area (Å²) in [5.74, 6) is 0.251. The average Bonchev–Trinajstić information content (AvgIpc) is 2.62. The fourth-order valence-electron chi connectivity index (χ4n) is 2.79. The van der Waals surface area contributed by atoms with Crippen LogP contribution in [0.5, 0.6) is 5.75 Å². The van der Waals surface area contributed by atoms with Crippen LogP contribution in [0.3, 0.4) is 0 Å². The van der Waals surface area contributed by atoms with Gasteiger partial charge in [-0.25, -0.2) is 0 Å². The first kappa shape index (κ1) is 18.3. The van der Waals surface area contributed by atoms with Gasteiger partial charge in [-0.15, -0.1) is 0 Å². The third-order valence-corrected chi connectivity index (χ3v) is 4.08. The van der Waals surface area contributed by atoms with Crippen molar-refractivity contribution in [2.24, 2.45) is 0 Å². The van der Waals surface area contributed by atoms with E-state index in [2.05, 4.69) is 5.32 Å². The molecule has 0 atom stereocenters. The molecule has 0 aromatic heterocycles. The Morgan fingerprint density at radius 1 is 1.08 bits per heavy atom. The summed E-state index contributed by atoms with van der Waals surface area (Å²) in [5.41, 5.74) is 2.82. The number of nitrogens with one attached hydrogen (secondary N) is 1. The predicted molar refractivity (Wildman–Crippen MR) is 91.7 cm³/mol. The molecule has 0 aliphatic carbocycles. The largest absolute Gasteiger partial charge is 0.484 e. The summed E-state index contributed by atoms with van der Waals surface area (Å²) in [6, 6.07) is 14.3. The molecule has 1 amide bonds. The number of amides is 1. The first-order valence-corrected chi connectivity index (χ1v) is 8.28. The summed E-state index contributed by atoms with van der Waals surface area (Å²) in [6.07, 6.45) is -4.35. The maximum atomic E-state index is 12.2. The molecule has 1 heterocycles. The molecule has 1 aliphatic rings. The van der Waals surface area contributed by atoms with Gasteiger partial charge in [-0.3, -0.25) is 4.79 Å². The summed E-state index contributed by atoms with van der Waals surface area (Å²) in [6.45, 7) is 1.06. The molecule has 1 aliphatic heterocycles. The Morgan fingerprint density at radius 2 is 1.85 bits per heavy atom. The van der Waals surface area contributed by atoms with E-state index in [-0.39, 0.29) is 11.7 Å². The van der Waals surface area contributed by atoms with Crippen molar-refractivity contribution in [3.63, 3.8) is 0 Å². The fraction of sp³-hybridized carbons (Fsp3) is 0.316. The molecule has 1 N–H and O–H groups in total. The average molecular weight is 364 g/mol. The summed E-state index contributed by atoms with van der Waals surface area (Å²) < 4.78 is 41.3. The highest BCUT2D eigenvalue weighted by molar-refractivity contribution is 5.79. The maximum Gasteiger partial charge on any atom is 0.422 e. The number of rotatable bonds is 5. The zero-order chi connectivity index (χ0) is 18.6. The number of alkyl halides is 3. The molecule has 2 aromatic carbocycles. The summed E-state index contributed by atoms with van der Waals surface area (Å²) in [7, 11) is 0. The highest BCUT2D eigenvalue weighted by atomic mass is 19.4. The van der Waals surface area contributed by atoms with Gasteiger partial charge in [-0.05, 0) is 34.9 Å². The number of benzene rings is 2. The number of hydrogen-bond donors (Lipinski definition) is 1. The van der Waals surface area contributed by atoms with Crippen molar-refractivity contribution in [3.05, 3.63) is 54.1 Å². The lowest BCUT2D eigenvalue weighted by atomic mass is 10.0. The zero-order valence-electron chi connectivity index (χ0n) is 14.1. The second-order valence-corrected chi connectivity index (χ2v) is 6.12. The van der Waals surface area contributed by atoms with Crippen molar-refractivity contribution >= 4 is 5.91 Å². The topological polar surface area (TPSA) is 41.6 Å². The number of carbonyl (C=O) groups is 1. The van der Waals surface area contributed by atoms with Crippen LogP contribution in [0.15, 0.2) is 48.5 Å². The summed E-state index contributed by atoms with van der Waals surface area (Å²) in [5, 5.41) is 3.04. The highest BCUT2D eigenvalue weighted by Crippen LogP contribution is 2.25. The Kier molecular flexibility index (Phi) is 5.46. The van der Waals surface area contributed by atoms with Crippen molar-refractivity contribution in [1.82, 2.24) is 10.2 Å². The van der Waals surface area contributed by atoms with Crippen LogP contribution in [0.4, 0.5) is 13.2 Å². The number of halogens is 3. The van der Waals surface area contributed by atoms with Crippen molar-refractivity contribution in [3.8, 4) is 16.9 Å². The first-order valence-electron chi connectivity index (χ1n) is 8.28. The van der Waals surface area contributed by atoms with Gasteiger partial charge in [0.2, 0.25) is 5.91 Å². The van der Waals surface area contributed by atoms with Gasteiger partial charge in [0.25, 0.3) is 0 Å². The number of piperazine rings is 1. The zero-order valence-corrected chi connectivity index (χ0v) is 14.1. The van der Waals surface area contributed by atoms with Gasteiger partial charge < -0.3 is 15.0 Å². The van der Waals surface area contributed by atoms with Crippen LogP contribution < -0.4 is 10.1 Å². The molecule has 26 heavy (non-hydrogen) atoms. The van der Waals surface area contributed by atoms with Crippen LogP contribution in [0, 0.1) is 0 Å². The van der Waals surface area contributed by atoms with Crippen LogP contribution in [-0.2, 0) is 11.3 Å². The maximum absolute atomic E-state index is 12.2. The minimum absolute atomic E-state index is 0.0767. The fourth-order valence-corrected chi connectivity index (χ4v) is 2.79. The Labute approximate surface area is 149 Å². The molecule has 4 nitrogen and oxygen atoms in total. The molecule has 0 unspecified atom stereocenters. The van der Waals surface area contributed by atoms with Gasteiger partial charge in [0.15, 0.2) is 6.61 Å². The van der Waals surface area contributed by atoms with Gasteiger partial charge in [0.05, 0.1) is 6.54 Å². The Morgan fingerprint density at radius 3 is 2.54 bits per heavy atom. The van der Waals surface area contributed by atoms with E-state index in [1.807, 2.05) is 29.2 Å². The molecular formula is C19H19F3N2O2. The van der Waals surface area contributed by atoms with Gasteiger partial charge in [0.1, 0.15) is 5.75 Å². The first-order chi connectivity index (χ1) is 12.4. The van der Waals surface area contributed by atoms with E-state index in [0.717, 1.165) is 23.2 Å². The Balaban J connectivity index is 1.68. The molecular weight excluding hydrogens is 345 g/mol. The molecule has 1 saturated heterocycles. The Bertz CT molecular complexity index is 760. The van der Waals surface area contributed by atoms with Crippen LogP contribution in [-0.4, -0.2) is 43.2 Å². The van der Waals surface area contributed by atoms with Crippen molar-refractivity contribution in [2.45, 2.75) is 12.7 Å². The van der Waals surface area contributed by atoms with Gasteiger partial charge in [-0.1, -0.05) is 30.3 Å². The van der Waals surface area contributed by atoms with Crippen LogP contribution in [0.1, 0.15) is 5.56 Å². The number of carbonyl (C=O) groups excluding carboxylic acids is 1. The van der Waals surface area contributed by atoms with Gasteiger partial charge in [-0.2, -0.15) is 13.2 Å². The van der Waals surface area contributed by atoms with Crippen molar-refractivity contribution < 1.29 is 22.7 Å². The van der Waals surface area contributed by atoms with E-state index >= 15 is 0 Å². The van der Waals surface area contributed by atoms with E-state index in [9.17, 15) is 18.0 Å². The predicted octanol–water partition coefficient (Wildman–Crippen LogP) is 3.23. The molecule has 1 fully saturated rings. The van der Waals surface area contributed by atoms with Crippen molar-refractivity contribution in [2.75, 3.05) is 26.2 Å². The minimum atomic E-state index is -4.35. The second kappa shape index (κ2) is 7.78. The molecule has 0 radical (unpaired) electrons.